The van der Waals surface area contributed by atoms with Crippen molar-refractivity contribution in [2.75, 3.05) is 26.2 Å². The summed E-state index contributed by atoms with van der Waals surface area (Å²) < 4.78 is 11.7. The third-order valence-electron chi connectivity index (χ3n) is 6.28. The first kappa shape index (κ1) is 19.3. The van der Waals surface area contributed by atoms with Gasteiger partial charge in [-0.3, -0.25) is 9.69 Å². The van der Waals surface area contributed by atoms with Crippen molar-refractivity contribution in [3.8, 4) is 11.6 Å². The highest BCUT2D eigenvalue weighted by atomic mass is 16.6. The van der Waals surface area contributed by atoms with Gasteiger partial charge in [-0.05, 0) is 42.0 Å². The van der Waals surface area contributed by atoms with Crippen LogP contribution in [0.3, 0.4) is 0 Å². The summed E-state index contributed by atoms with van der Waals surface area (Å²) in [5.41, 5.74) is 2.33. The summed E-state index contributed by atoms with van der Waals surface area (Å²) in [5.74, 6) is 2.37. The number of carbonyl (C=O) groups excluding carboxylic acids is 1. The molecule has 1 aromatic heterocycles. The molecule has 1 aromatic carbocycles. The lowest BCUT2D eigenvalue weighted by Gasteiger charge is -2.26. The minimum absolute atomic E-state index is 0.0978. The first-order valence-corrected chi connectivity index (χ1v) is 10.6. The summed E-state index contributed by atoms with van der Waals surface area (Å²) in [5, 5.41) is 12.2. The van der Waals surface area contributed by atoms with Crippen molar-refractivity contribution in [1.82, 2.24) is 15.2 Å². The van der Waals surface area contributed by atoms with Crippen LogP contribution < -0.4 is 14.8 Å². The lowest BCUT2D eigenvalue weighted by Crippen LogP contribution is -2.35. The van der Waals surface area contributed by atoms with Gasteiger partial charge in [0.15, 0.2) is 11.9 Å². The first-order chi connectivity index (χ1) is 14.6. The van der Waals surface area contributed by atoms with Crippen LogP contribution >= 0.6 is 0 Å². The van der Waals surface area contributed by atoms with Gasteiger partial charge in [0, 0.05) is 38.3 Å². The first-order valence-electron chi connectivity index (χ1n) is 10.6. The van der Waals surface area contributed by atoms with Crippen LogP contribution in [0.2, 0.25) is 0 Å². The van der Waals surface area contributed by atoms with Crippen molar-refractivity contribution < 1.29 is 19.4 Å². The standard InChI is InChI=1S/C23H27N3O4/c1-14(27)9-25-22(28)21-17-11-26(12-18(17)21)10-15-4-6-16(7-5-15)20-13-29-19-3-2-8-24-23(19)30-20/h2-8,14,17-18,20-21,27H,9-13H2,1H3,(H,25,28). The zero-order valence-electron chi connectivity index (χ0n) is 17.0. The Morgan fingerprint density at radius 2 is 2.03 bits per heavy atom. The number of carbonyl (C=O) groups is 1. The molecule has 1 aliphatic carbocycles. The summed E-state index contributed by atoms with van der Waals surface area (Å²) in [6.45, 7) is 5.31. The Morgan fingerprint density at radius 1 is 1.27 bits per heavy atom. The van der Waals surface area contributed by atoms with Gasteiger partial charge in [0.2, 0.25) is 5.91 Å². The van der Waals surface area contributed by atoms with E-state index < -0.39 is 6.10 Å². The lowest BCUT2D eigenvalue weighted by atomic mass is 10.1. The number of nitrogens with one attached hydrogen (secondary N) is 1. The van der Waals surface area contributed by atoms with Crippen molar-refractivity contribution in [1.29, 1.82) is 0 Å². The smallest absolute Gasteiger partial charge is 0.257 e. The molecule has 3 heterocycles. The summed E-state index contributed by atoms with van der Waals surface area (Å²) in [7, 11) is 0. The quantitative estimate of drug-likeness (QED) is 0.757. The molecule has 7 heteroatoms. The Hall–Kier alpha value is -2.64. The van der Waals surface area contributed by atoms with Crippen LogP contribution in [0.5, 0.6) is 11.6 Å². The Labute approximate surface area is 176 Å². The minimum atomic E-state index is -0.497. The number of aromatic nitrogens is 1. The Kier molecular flexibility index (Phi) is 5.08. The normalized spacial score (nSPS) is 27.9. The molecule has 1 amide bonds. The van der Waals surface area contributed by atoms with E-state index in [-0.39, 0.29) is 17.9 Å². The van der Waals surface area contributed by atoms with Crippen LogP contribution in [0.4, 0.5) is 0 Å². The molecule has 1 saturated heterocycles. The number of benzene rings is 1. The Balaban J connectivity index is 1.12. The molecule has 0 radical (unpaired) electrons. The van der Waals surface area contributed by atoms with E-state index in [0.717, 1.165) is 25.2 Å². The van der Waals surface area contributed by atoms with Crippen LogP contribution in [-0.2, 0) is 11.3 Å². The maximum absolute atomic E-state index is 12.2. The second kappa shape index (κ2) is 7.89. The van der Waals surface area contributed by atoms with Crippen molar-refractivity contribution >= 4 is 5.91 Å². The third kappa shape index (κ3) is 3.87. The van der Waals surface area contributed by atoms with Crippen molar-refractivity contribution in [2.45, 2.75) is 25.7 Å². The fourth-order valence-electron chi connectivity index (χ4n) is 4.67. The summed E-state index contributed by atoms with van der Waals surface area (Å²) >= 11 is 0. The van der Waals surface area contributed by atoms with E-state index in [1.807, 2.05) is 12.1 Å². The fraction of sp³-hybridized carbons (Fsp3) is 0.478. The molecule has 158 valence electrons. The molecule has 2 fully saturated rings. The minimum Gasteiger partial charge on any atom is -0.484 e. The number of aliphatic hydroxyl groups excluding tert-OH is 1. The van der Waals surface area contributed by atoms with E-state index in [2.05, 4.69) is 39.5 Å². The predicted octanol–water partition coefficient (Wildman–Crippen LogP) is 1.77. The second-order valence-corrected chi connectivity index (χ2v) is 8.61. The average Bonchev–Trinajstić information content (AvgIpc) is 3.27. The zero-order valence-corrected chi connectivity index (χ0v) is 17.0. The number of pyridine rings is 1. The molecular weight excluding hydrogens is 382 g/mol. The maximum Gasteiger partial charge on any atom is 0.257 e. The zero-order chi connectivity index (χ0) is 20.7. The molecule has 1 saturated carbocycles. The molecule has 3 aliphatic rings. The van der Waals surface area contributed by atoms with Gasteiger partial charge in [-0.25, -0.2) is 4.98 Å². The van der Waals surface area contributed by atoms with Crippen LogP contribution in [0.15, 0.2) is 42.6 Å². The SMILES string of the molecule is CC(O)CNC(=O)C1C2CN(Cc3ccc(C4COc5cccnc5O4)cc3)CC21. The molecule has 2 N–H and O–H groups in total. The van der Waals surface area contributed by atoms with E-state index in [4.69, 9.17) is 9.47 Å². The molecule has 2 aromatic rings. The number of hydrogen-bond acceptors (Lipinski definition) is 6. The number of ether oxygens (including phenoxy) is 2. The van der Waals surface area contributed by atoms with E-state index in [9.17, 15) is 9.90 Å². The molecule has 7 nitrogen and oxygen atoms in total. The van der Waals surface area contributed by atoms with Gasteiger partial charge in [0.25, 0.3) is 5.88 Å². The number of likely N-dealkylation sites (tertiary alicyclic amines) is 1. The molecule has 2 aliphatic heterocycles. The molecule has 30 heavy (non-hydrogen) atoms. The Bertz CT molecular complexity index is 905. The van der Waals surface area contributed by atoms with Gasteiger partial charge >= 0.3 is 0 Å². The van der Waals surface area contributed by atoms with Crippen LogP contribution in [-0.4, -0.2) is 53.2 Å². The number of piperidine rings is 1. The molecule has 4 unspecified atom stereocenters. The largest absolute Gasteiger partial charge is 0.484 e. The van der Waals surface area contributed by atoms with Crippen molar-refractivity contribution in [3.63, 3.8) is 0 Å². The highest BCUT2D eigenvalue weighted by Gasteiger charge is 2.59. The molecule has 4 atom stereocenters. The van der Waals surface area contributed by atoms with Gasteiger partial charge in [-0.2, -0.15) is 0 Å². The molecule has 0 spiro atoms. The van der Waals surface area contributed by atoms with Gasteiger partial charge in [0.05, 0.1) is 6.10 Å². The number of aliphatic hydroxyl groups is 1. The second-order valence-electron chi connectivity index (χ2n) is 8.61. The van der Waals surface area contributed by atoms with Crippen LogP contribution in [0.1, 0.15) is 24.2 Å². The van der Waals surface area contributed by atoms with Gasteiger partial charge in [-0.15, -0.1) is 0 Å². The molecule has 0 bridgehead atoms. The highest BCUT2D eigenvalue weighted by Crippen LogP contribution is 2.52. The number of nitrogens with zero attached hydrogens (tertiary/aromatic N) is 2. The van der Waals surface area contributed by atoms with E-state index >= 15 is 0 Å². The van der Waals surface area contributed by atoms with Crippen LogP contribution in [0, 0.1) is 17.8 Å². The summed E-state index contributed by atoms with van der Waals surface area (Å²) in [4.78, 5) is 18.8. The molecular formula is C23H27N3O4. The lowest BCUT2D eigenvalue weighted by molar-refractivity contribution is -0.123. The van der Waals surface area contributed by atoms with Crippen LogP contribution in [0.25, 0.3) is 0 Å². The monoisotopic (exact) mass is 409 g/mol. The number of fused-ring (bicyclic) bond motifs is 2. The molecule has 5 rings (SSSR count). The summed E-state index contributed by atoms with van der Waals surface area (Å²) in [6.07, 6.45) is 1.06. The van der Waals surface area contributed by atoms with Gasteiger partial charge < -0.3 is 19.9 Å². The van der Waals surface area contributed by atoms with Crippen molar-refractivity contribution in [3.05, 3.63) is 53.7 Å². The number of hydrogen-bond donors (Lipinski definition) is 2. The summed E-state index contributed by atoms with van der Waals surface area (Å²) in [6, 6.07) is 12.2. The predicted molar refractivity (Wildman–Crippen MR) is 110 cm³/mol. The van der Waals surface area contributed by atoms with Gasteiger partial charge in [0.1, 0.15) is 6.61 Å². The van der Waals surface area contributed by atoms with Gasteiger partial charge in [-0.1, -0.05) is 24.3 Å². The Morgan fingerprint density at radius 3 is 2.77 bits per heavy atom. The fourth-order valence-corrected chi connectivity index (χ4v) is 4.67. The van der Waals surface area contributed by atoms with E-state index in [1.54, 1.807) is 13.1 Å². The topological polar surface area (TPSA) is 83.9 Å². The average molecular weight is 409 g/mol. The highest BCUT2D eigenvalue weighted by molar-refractivity contribution is 5.82. The van der Waals surface area contributed by atoms with Crippen molar-refractivity contribution in [2.24, 2.45) is 17.8 Å². The maximum atomic E-state index is 12.2. The van der Waals surface area contributed by atoms with E-state index in [0.29, 0.717) is 36.6 Å². The number of rotatable bonds is 6. The third-order valence-corrected chi connectivity index (χ3v) is 6.28. The van der Waals surface area contributed by atoms with E-state index in [1.165, 1.54) is 5.56 Å². The number of amides is 1.